The Bertz CT molecular complexity index is 420. The number of halogens is 3. The zero-order valence-electron chi connectivity index (χ0n) is 10.1. The molecule has 1 aliphatic carbocycles. The Morgan fingerprint density at radius 1 is 1.17 bits per heavy atom. The van der Waals surface area contributed by atoms with Crippen molar-refractivity contribution in [2.75, 3.05) is 0 Å². The van der Waals surface area contributed by atoms with E-state index in [1.54, 1.807) is 0 Å². The van der Waals surface area contributed by atoms with Gasteiger partial charge >= 0.3 is 0 Å². The third-order valence-corrected chi connectivity index (χ3v) is 3.97. The largest absolute Gasteiger partial charge is 0.271 e. The summed E-state index contributed by atoms with van der Waals surface area (Å²) in [6, 6.07) is 1.81. The Balaban J connectivity index is 2.28. The maximum atomic E-state index is 13.9. The highest BCUT2D eigenvalue weighted by molar-refractivity contribution is 6.30. The molecule has 1 saturated carbocycles. The van der Waals surface area contributed by atoms with Gasteiger partial charge < -0.3 is 0 Å². The normalized spacial score (nSPS) is 18.9. The fourth-order valence-electron chi connectivity index (χ4n) is 2.72. The topological polar surface area (TPSA) is 38.0 Å². The molecular formula is C13H17ClF2N2. The molecule has 100 valence electrons. The monoisotopic (exact) mass is 274 g/mol. The molecule has 1 fully saturated rings. The molecule has 0 bridgehead atoms. The number of nitrogens with one attached hydrogen (secondary N) is 1. The van der Waals surface area contributed by atoms with Crippen LogP contribution in [0.4, 0.5) is 8.78 Å². The standard InChI is InChI=1S/C13H17ClF2N2/c14-10-7-11(15)9(6-12(10)16)13(18-17)8-4-2-1-3-5-8/h6-8,13,18H,1-5,17H2. The maximum Gasteiger partial charge on any atom is 0.142 e. The van der Waals surface area contributed by atoms with Crippen LogP contribution < -0.4 is 11.3 Å². The lowest BCUT2D eigenvalue weighted by molar-refractivity contribution is 0.268. The molecule has 1 atom stereocenters. The summed E-state index contributed by atoms with van der Waals surface area (Å²) in [6.07, 6.45) is 5.39. The van der Waals surface area contributed by atoms with Crippen molar-refractivity contribution in [1.29, 1.82) is 0 Å². The second-order valence-corrected chi connectivity index (χ2v) is 5.24. The highest BCUT2D eigenvalue weighted by Crippen LogP contribution is 2.36. The first kappa shape index (κ1) is 13.7. The Morgan fingerprint density at radius 3 is 2.44 bits per heavy atom. The SMILES string of the molecule is NNC(c1cc(F)c(Cl)cc1F)C1CCCCC1. The molecule has 1 unspecified atom stereocenters. The lowest BCUT2D eigenvalue weighted by Crippen LogP contribution is -2.35. The molecule has 0 spiro atoms. The maximum absolute atomic E-state index is 13.9. The van der Waals surface area contributed by atoms with Crippen molar-refractivity contribution in [3.63, 3.8) is 0 Å². The molecule has 18 heavy (non-hydrogen) atoms. The number of rotatable bonds is 3. The Kier molecular flexibility index (Phi) is 4.54. The predicted octanol–water partition coefficient (Wildman–Crippen LogP) is 3.70. The molecule has 2 nitrogen and oxygen atoms in total. The van der Waals surface area contributed by atoms with Crippen LogP contribution in [0.25, 0.3) is 0 Å². The van der Waals surface area contributed by atoms with Crippen molar-refractivity contribution in [3.8, 4) is 0 Å². The summed E-state index contributed by atoms with van der Waals surface area (Å²) < 4.78 is 27.3. The predicted molar refractivity (Wildman–Crippen MR) is 68.0 cm³/mol. The van der Waals surface area contributed by atoms with Gasteiger partial charge in [0.2, 0.25) is 0 Å². The van der Waals surface area contributed by atoms with Gasteiger partial charge in [-0.15, -0.1) is 0 Å². The van der Waals surface area contributed by atoms with Gasteiger partial charge in [-0.3, -0.25) is 11.3 Å². The molecule has 1 aromatic rings. The first-order valence-corrected chi connectivity index (χ1v) is 6.62. The van der Waals surface area contributed by atoms with Gasteiger partial charge in [0.05, 0.1) is 11.1 Å². The van der Waals surface area contributed by atoms with E-state index in [-0.39, 0.29) is 22.5 Å². The molecular weight excluding hydrogens is 258 g/mol. The third-order valence-electron chi connectivity index (χ3n) is 3.68. The van der Waals surface area contributed by atoms with E-state index in [1.807, 2.05) is 0 Å². The summed E-state index contributed by atoms with van der Waals surface area (Å²) in [7, 11) is 0. The summed E-state index contributed by atoms with van der Waals surface area (Å²) in [4.78, 5) is 0. The quantitative estimate of drug-likeness (QED) is 0.501. The van der Waals surface area contributed by atoms with Gasteiger partial charge in [-0.2, -0.15) is 0 Å². The summed E-state index contributed by atoms with van der Waals surface area (Å²) in [5.41, 5.74) is 2.90. The van der Waals surface area contributed by atoms with E-state index in [0.717, 1.165) is 37.8 Å². The minimum Gasteiger partial charge on any atom is -0.271 e. The molecule has 0 amide bonds. The third kappa shape index (κ3) is 2.82. The van der Waals surface area contributed by atoms with E-state index in [4.69, 9.17) is 17.4 Å². The molecule has 0 radical (unpaired) electrons. The number of benzene rings is 1. The average Bonchev–Trinajstić information content (AvgIpc) is 2.38. The minimum atomic E-state index is -0.607. The van der Waals surface area contributed by atoms with Crippen LogP contribution in [0.2, 0.25) is 5.02 Å². The van der Waals surface area contributed by atoms with Crippen LogP contribution in [0.5, 0.6) is 0 Å². The highest BCUT2D eigenvalue weighted by atomic mass is 35.5. The first-order valence-electron chi connectivity index (χ1n) is 6.24. The smallest absolute Gasteiger partial charge is 0.142 e. The van der Waals surface area contributed by atoms with Crippen LogP contribution in [-0.2, 0) is 0 Å². The second-order valence-electron chi connectivity index (χ2n) is 4.83. The Hall–Kier alpha value is -0.710. The minimum absolute atomic E-state index is 0.198. The second kappa shape index (κ2) is 5.95. The van der Waals surface area contributed by atoms with E-state index in [9.17, 15) is 8.78 Å². The molecule has 0 heterocycles. The molecule has 3 N–H and O–H groups in total. The van der Waals surface area contributed by atoms with Crippen LogP contribution in [-0.4, -0.2) is 0 Å². The van der Waals surface area contributed by atoms with E-state index in [1.165, 1.54) is 6.42 Å². The Labute approximate surface area is 110 Å². The van der Waals surface area contributed by atoms with Gasteiger partial charge in [0, 0.05) is 5.56 Å². The summed E-state index contributed by atoms with van der Waals surface area (Å²) in [5.74, 6) is 4.66. The van der Waals surface area contributed by atoms with Crippen LogP contribution in [0.3, 0.4) is 0 Å². The molecule has 0 saturated heterocycles. The van der Waals surface area contributed by atoms with Gasteiger partial charge in [-0.1, -0.05) is 30.9 Å². The summed E-state index contributed by atoms with van der Waals surface area (Å²) in [5, 5.41) is -0.198. The number of hydrazine groups is 1. The zero-order chi connectivity index (χ0) is 13.1. The summed E-state index contributed by atoms with van der Waals surface area (Å²) in [6.45, 7) is 0. The van der Waals surface area contributed by atoms with Crippen LogP contribution >= 0.6 is 11.6 Å². The molecule has 1 aliphatic rings. The van der Waals surface area contributed by atoms with Gasteiger partial charge in [-0.05, 0) is 30.9 Å². The molecule has 0 aliphatic heterocycles. The fraction of sp³-hybridized carbons (Fsp3) is 0.538. The van der Waals surface area contributed by atoms with Gasteiger partial charge in [-0.25, -0.2) is 8.78 Å². The van der Waals surface area contributed by atoms with Crippen LogP contribution in [0.15, 0.2) is 12.1 Å². The van der Waals surface area contributed by atoms with Crippen LogP contribution in [0.1, 0.15) is 43.7 Å². The molecule has 0 aromatic heterocycles. The Morgan fingerprint density at radius 2 is 1.83 bits per heavy atom. The van der Waals surface area contributed by atoms with E-state index in [2.05, 4.69) is 5.43 Å². The van der Waals surface area contributed by atoms with E-state index >= 15 is 0 Å². The highest BCUT2D eigenvalue weighted by Gasteiger charge is 2.27. The number of hydrogen-bond donors (Lipinski definition) is 2. The van der Waals surface area contributed by atoms with Crippen molar-refractivity contribution < 1.29 is 8.78 Å². The fourth-order valence-corrected chi connectivity index (χ4v) is 2.87. The molecule has 5 heteroatoms. The summed E-state index contributed by atoms with van der Waals surface area (Å²) >= 11 is 5.55. The van der Waals surface area contributed by atoms with E-state index in [0.29, 0.717) is 0 Å². The van der Waals surface area contributed by atoms with Crippen LogP contribution in [0, 0.1) is 17.6 Å². The van der Waals surface area contributed by atoms with Gasteiger partial charge in [0.1, 0.15) is 11.6 Å². The number of nitrogens with two attached hydrogens (primary N) is 1. The molecule has 2 rings (SSSR count). The van der Waals surface area contributed by atoms with Crippen molar-refractivity contribution in [2.24, 2.45) is 11.8 Å². The van der Waals surface area contributed by atoms with E-state index < -0.39 is 11.6 Å². The van der Waals surface area contributed by atoms with Gasteiger partial charge in [0.25, 0.3) is 0 Å². The zero-order valence-corrected chi connectivity index (χ0v) is 10.8. The van der Waals surface area contributed by atoms with Crippen molar-refractivity contribution in [2.45, 2.75) is 38.1 Å². The average molecular weight is 275 g/mol. The van der Waals surface area contributed by atoms with Crippen molar-refractivity contribution >= 4 is 11.6 Å². The van der Waals surface area contributed by atoms with Crippen molar-refractivity contribution in [3.05, 3.63) is 34.4 Å². The lowest BCUT2D eigenvalue weighted by atomic mass is 9.81. The molecule has 1 aromatic carbocycles. The van der Waals surface area contributed by atoms with Crippen molar-refractivity contribution in [1.82, 2.24) is 5.43 Å². The van der Waals surface area contributed by atoms with Gasteiger partial charge in [0.15, 0.2) is 0 Å². The first-order chi connectivity index (χ1) is 8.63. The number of hydrogen-bond acceptors (Lipinski definition) is 2. The lowest BCUT2D eigenvalue weighted by Gasteiger charge is -2.30.